The van der Waals surface area contributed by atoms with E-state index in [9.17, 15) is 4.79 Å². The maximum absolute atomic E-state index is 10.7. The van der Waals surface area contributed by atoms with Crippen molar-refractivity contribution in [1.29, 1.82) is 0 Å². The van der Waals surface area contributed by atoms with E-state index < -0.39 is 0 Å². The molecule has 0 amide bonds. The smallest absolute Gasteiger partial charge is 0.229 e. The van der Waals surface area contributed by atoms with Gasteiger partial charge in [0.05, 0.1) is 12.8 Å². The fourth-order valence-corrected chi connectivity index (χ4v) is 1.56. The Morgan fingerprint density at radius 2 is 2.16 bits per heavy atom. The summed E-state index contributed by atoms with van der Waals surface area (Å²) >= 11 is 0. The third-order valence-electron chi connectivity index (χ3n) is 2.52. The van der Waals surface area contributed by atoms with Crippen LogP contribution in [0.3, 0.4) is 0 Å². The number of ether oxygens (including phenoxy) is 1. The monoisotopic (exact) mass is 258 g/mol. The van der Waals surface area contributed by atoms with Crippen molar-refractivity contribution >= 4 is 23.7 Å². The Hall–Kier alpha value is -2.63. The SMILES string of the molecule is CNc1ccnc(Nc2ccc(C=O)cc2OC)n1. The molecule has 19 heavy (non-hydrogen) atoms. The molecule has 0 aliphatic heterocycles. The Bertz CT molecular complexity index is 587. The Morgan fingerprint density at radius 1 is 1.32 bits per heavy atom. The summed E-state index contributed by atoms with van der Waals surface area (Å²) in [4.78, 5) is 19.1. The van der Waals surface area contributed by atoms with Gasteiger partial charge in [-0.25, -0.2) is 4.98 Å². The number of nitrogens with one attached hydrogen (secondary N) is 2. The van der Waals surface area contributed by atoms with Crippen LogP contribution in [-0.4, -0.2) is 30.4 Å². The van der Waals surface area contributed by atoms with Gasteiger partial charge in [-0.05, 0) is 24.3 Å². The number of aldehydes is 1. The standard InChI is InChI=1S/C13H14N4O2/c1-14-12-5-6-15-13(17-12)16-10-4-3-9(8-18)7-11(10)19-2/h3-8H,1-2H3,(H2,14,15,16,17). The highest BCUT2D eigenvalue weighted by Gasteiger charge is 2.06. The van der Waals surface area contributed by atoms with Crippen LogP contribution in [0.1, 0.15) is 10.4 Å². The first-order valence-electron chi connectivity index (χ1n) is 5.68. The predicted molar refractivity (Wildman–Crippen MR) is 73.2 cm³/mol. The average molecular weight is 258 g/mol. The van der Waals surface area contributed by atoms with Gasteiger partial charge in [-0.1, -0.05) is 0 Å². The van der Waals surface area contributed by atoms with Crippen LogP contribution in [-0.2, 0) is 0 Å². The average Bonchev–Trinajstić information content (AvgIpc) is 2.48. The van der Waals surface area contributed by atoms with E-state index in [4.69, 9.17) is 4.74 Å². The minimum absolute atomic E-state index is 0.448. The molecule has 1 aromatic carbocycles. The number of hydrogen-bond acceptors (Lipinski definition) is 6. The first kappa shape index (κ1) is 12.8. The van der Waals surface area contributed by atoms with Gasteiger partial charge in [0.1, 0.15) is 17.9 Å². The maximum atomic E-state index is 10.7. The Morgan fingerprint density at radius 3 is 2.84 bits per heavy atom. The summed E-state index contributed by atoms with van der Waals surface area (Å²) in [5.74, 6) is 1.72. The van der Waals surface area contributed by atoms with Crippen LogP contribution in [0.4, 0.5) is 17.5 Å². The summed E-state index contributed by atoms with van der Waals surface area (Å²) in [5, 5.41) is 5.98. The van der Waals surface area contributed by atoms with Crippen LogP contribution in [0, 0.1) is 0 Å². The molecule has 0 bridgehead atoms. The van der Waals surface area contributed by atoms with Crippen molar-refractivity contribution < 1.29 is 9.53 Å². The molecule has 0 saturated heterocycles. The molecule has 0 unspecified atom stereocenters. The van der Waals surface area contributed by atoms with Crippen molar-refractivity contribution in [3.8, 4) is 5.75 Å². The van der Waals surface area contributed by atoms with E-state index >= 15 is 0 Å². The zero-order valence-electron chi connectivity index (χ0n) is 10.7. The third kappa shape index (κ3) is 2.98. The third-order valence-corrected chi connectivity index (χ3v) is 2.52. The van der Waals surface area contributed by atoms with Crippen molar-refractivity contribution in [3.05, 3.63) is 36.0 Å². The normalized spacial score (nSPS) is 9.79. The molecule has 0 saturated carbocycles. The molecule has 0 fully saturated rings. The minimum atomic E-state index is 0.448. The number of carbonyl (C=O) groups excluding carboxylic acids is 1. The molecular formula is C13H14N4O2. The van der Waals surface area contributed by atoms with Crippen molar-refractivity contribution in [1.82, 2.24) is 9.97 Å². The van der Waals surface area contributed by atoms with Crippen LogP contribution >= 0.6 is 0 Å². The molecule has 0 aliphatic carbocycles. The second kappa shape index (κ2) is 5.81. The van der Waals surface area contributed by atoms with E-state index in [2.05, 4.69) is 20.6 Å². The number of methoxy groups -OCH3 is 1. The van der Waals surface area contributed by atoms with Gasteiger partial charge in [0, 0.05) is 18.8 Å². The quantitative estimate of drug-likeness (QED) is 0.800. The highest BCUT2D eigenvalue weighted by molar-refractivity contribution is 5.78. The Kier molecular flexibility index (Phi) is 3.92. The van der Waals surface area contributed by atoms with Crippen molar-refractivity contribution in [2.24, 2.45) is 0 Å². The van der Waals surface area contributed by atoms with Gasteiger partial charge in [0.15, 0.2) is 0 Å². The summed E-state index contributed by atoms with van der Waals surface area (Å²) in [5.41, 5.74) is 1.24. The topological polar surface area (TPSA) is 76.1 Å². The maximum Gasteiger partial charge on any atom is 0.229 e. The van der Waals surface area contributed by atoms with Gasteiger partial charge in [0.2, 0.25) is 5.95 Å². The van der Waals surface area contributed by atoms with Gasteiger partial charge < -0.3 is 15.4 Å². The van der Waals surface area contributed by atoms with Gasteiger partial charge in [0.25, 0.3) is 0 Å². The molecule has 2 aromatic rings. The second-order valence-corrected chi connectivity index (χ2v) is 3.72. The molecule has 1 aromatic heterocycles. The van der Waals surface area contributed by atoms with E-state index in [1.807, 2.05) is 0 Å². The number of benzene rings is 1. The summed E-state index contributed by atoms with van der Waals surface area (Å²) in [6.45, 7) is 0. The fraction of sp³-hybridized carbons (Fsp3) is 0.154. The largest absolute Gasteiger partial charge is 0.495 e. The molecule has 0 radical (unpaired) electrons. The van der Waals surface area contributed by atoms with Gasteiger partial charge in [-0.3, -0.25) is 4.79 Å². The van der Waals surface area contributed by atoms with E-state index in [0.29, 0.717) is 28.8 Å². The van der Waals surface area contributed by atoms with E-state index in [1.54, 1.807) is 44.6 Å². The number of anilines is 3. The van der Waals surface area contributed by atoms with Crippen molar-refractivity contribution in [2.75, 3.05) is 24.8 Å². The molecule has 6 nitrogen and oxygen atoms in total. The molecule has 6 heteroatoms. The molecule has 2 rings (SSSR count). The highest BCUT2D eigenvalue weighted by Crippen LogP contribution is 2.27. The molecular weight excluding hydrogens is 244 g/mol. The van der Waals surface area contributed by atoms with Crippen LogP contribution < -0.4 is 15.4 Å². The summed E-state index contributed by atoms with van der Waals surface area (Å²) in [7, 11) is 3.32. The number of rotatable bonds is 5. The Balaban J connectivity index is 2.29. The molecule has 0 spiro atoms. The van der Waals surface area contributed by atoms with E-state index in [1.165, 1.54) is 0 Å². The summed E-state index contributed by atoms with van der Waals surface area (Å²) in [6, 6.07) is 6.85. The van der Waals surface area contributed by atoms with Gasteiger partial charge >= 0.3 is 0 Å². The van der Waals surface area contributed by atoms with Crippen molar-refractivity contribution in [3.63, 3.8) is 0 Å². The lowest BCUT2D eigenvalue weighted by Gasteiger charge is -2.10. The van der Waals surface area contributed by atoms with Gasteiger partial charge in [-0.15, -0.1) is 0 Å². The lowest BCUT2D eigenvalue weighted by molar-refractivity contribution is 0.112. The van der Waals surface area contributed by atoms with Crippen LogP contribution in [0.25, 0.3) is 0 Å². The van der Waals surface area contributed by atoms with Crippen LogP contribution in [0.15, 0.2) is 30.5 Å². The first-order chi connectivity index (χ1) is 9.26. The minimum Gasteiger partial charge on any atom is -0.495 e. The number of aromatic nitrogens is 2. The zero-order chi connectivity index (χ0) is 13.7. The second-order valence-electron chi connectivity index (χ2n) is 3.72. The predicted octanol–water partition coefficient (Wildman–Crippen LogP) is 2.08. The summed E-state index contributed by atoms with van der Waals surface area (Å²) < 4.78 is 5.22. The first-order valence-corrected chi connectivity index (χ1v) is 5.68. The van der Waals surface area contributed by atoms with Gasteiger partial charge in [-0.2, -0.15) is 4.98 Å². The molecule has 0 atom stereocenters. The fourth-order valence-electron chi connectivity index (χ4n) is 1.56. The lowest BCUT2D eigenvalue weighted by atomic mass is 10.2. The van der Waals surface area contributed by atoms with E-state index in [0.717, 1.165) is 6.29 Å². The van der Waals surface area contributed by atoms with E-state index in [-0.39, 0.29) is 0 Å². The molecule has 1 heterocycles. The number of carbonyl (C=O) groups is 1. The molecule has 0 aliphatic rings. The summed E-state index contributed by atoms with van der Waals surface area (Å²) in [6.07, 6.45) is 2.41. The number of nitrogens with zero attached hydrogens (tertiary/aromatic N) is 2. The highest BCUT2D eigenvalue weighted by atomic mass is 16.5. The lowest BCUT2D eigenvalue weighted by Crippen LogP contribution is -2.01. The molecule has 98 valence electrons. The number of hydrogen-bond donors (Lipinski definition) is 2. The van der Waals surface area contributed by atoms with Crippen LogP contribution in [0.5, 0.6) is 5.75 Å². The zero-order valence-corrected chi connectivity index (χ0v) is 10.7. The molecule has 2 N–H and O–H groups in total. The Labute approximate surface area is 110 Å². The van der Waals surface area contributed by atoms with Crippen molar-refractivity contribution in [2.45, 2.75) is 0 Å². The van der Waals surface area contributed by atoms with Crippen LogP contribution in [0.2, 0.25) is 0 Å².